The maximum absolute atomic E-state index is 12.5. The van der Waals surface area contributed by atoms with Crippen LogP contribution < -0.4 is 10.6 Å². The summed E-state index contributed by atoms with van der Waals surface area (Å²) in [6, 6.07) is 13.3. The molecule has 0 bridgehead atoms. The Morgan fingerprint density at radius 3 is 2.20 bits per heavy atom. The number of esters is 1. The average Bonchev–Trinajstić information content (AvgIpc) is 2.71. The zero-order chi connectivity index (χ0) is 22.3. The Balaban J connectivity index is 1.86. The van der Waals surface area contributed by atoms with Gasteiger partial charge in [-0.3, -0.25) is 19.2 Å². The first-order chi connectivity index (χ1) is 14.2. The Labute approximate surface area is 175 Å². The van der Waals surface area contributed by atoms with Crippen LogP contribution in [0.15, 0.2) is 48.5 Å². The molecule has 0 heterocycles. The van der Waals surface area contributed by atoms with E-state index in [4.69, 9.17) is 4.74 Å². The number of carbonyl (C=O) groups excluding carboxylic acids is 4. The molecule has 30 heavy (non-hydrogen) atoms. The molecular formula is C23H26N2O5. The molecule has 0 saturated carbocycles. The Bertz CT molecular complexity index is 935. The summed E-state index contributed by atoms with van der Waals surface area (Å²) in [5.74, 6) is -1.76. The van der Waals surface area contributed by atoms with Gasteiger partial charge >= 0.3 is 5.97 Å². The van der Waals surface area contributed by atoms with Crippen molar-refractivity contribution < 1.29 is 23.9 Å². The molecule has 0 spiro atoms. The number of amides is 2. The van der Waals surface area contributed by atoms with Crippen molar-refractivity contribution in [3.63, 3.8) is 0 Å². The highest BCUT2D eigenvalue weighted by molar-refractivity contribution is 6.01. The van der Waals surface area contributed by atoms with Crippen molar-refractivity contribution in [1.82, 2.24) is 5.32 Å². The van der Waals surface area contributed by atoms with Crippen molar-refractivity contribution >= 4 is 29.3 Å². The van der Waals surface area contributed by atoms with E-state index in [9.17, 15) is 19.2 Å². The van der Waals surface area contributed by atoms with Crippen LogP contribution in [-0.4, -0.2) is 36.2 Å². The second kappa shape index (κ2) is 10.3. The van der Waals surface area contributed by atoms with Crippen LogP contribution in [-0.2, 0) is 14.3 Å². The van der Waals surface area contributed by atoms with Crippen LogP contribution in [0.4, 0.5) is 5.69 Å². The summed E-state index contributed by atoms with van der Waals surface area (Å²) in [6.45, 7) is 6.56. The smallest absolute Gasteiger partial charge is 0.326 e. The maximum atomic E-state index is 12.5. The van der Waals surface area contributed by atoms with Crippen LogP contribution in [0, 0.1) is 12.8 Å². The van der Waals surface area contributed by atoms with E-state index >= 15 is 0 Å². The van der Waals surface area contributed by atoms with Crippen LogP contribution in [0.25, 0.3) is 0 Å². The fourth-order valence-corrected chi connectivity index (χ4v) is 2.57. The molecule has 1 atom stereocenters. The van der Waals surface area contributed by atoms with Gasteiger partial charge in [-0.25, -0.2) is 0 Å². The minimum absolute atomic E-state index is 0.121. The molecule has 0 aliphatic rings. The van der Waals surface area contributed by atoms with Crippen LogP contribution in [0.3, 0.4) is 0 Å². The summed E-state index contributed by atoms with van der Waals surface area (Å²) in [7, 11) is 0. The van der Waals surface area contributed by atoms with Crippen molar-refractivity contribution in [2.45, 2.75) is 33.8 Å². The van der Waals surface area contributed by atoms with E-state index in [1.165, 1.54) is 6.92 Å². The Hall–Kier alpha value is -3.48. The summed E-state index contributed by atoms with van der Waals surface area (Å²) < 4.78 is 5.13. The molecule has 0 saturated heterocycles. The lowest BCUT2D eigenvalue weighted by Gasteiger charge is -2.13. The first-order valence-electron chi connectivity index (χ1n) is 9.67. The largest absolute Gasteiger partial charge is 0.453 e. The van der Waals surface area contributed by atoms with Crippen LogP contribution in [0.1, 0.15) is 47.1 Å². The predicted octanol–water partition coefficient (Wildman–Crippen LogP) is 3.13. The van der Waals surface area contributed by atoms with Crippen molar-refractivity contribution in [2.75, 3.05) is 11.9 Å². The van der Waals surface area contributed by atoms with Crippen LogP contribution >= 0.6 is 0 Å². The Morgan fingerprint density at radius 1 is 0.933 bits per heavy atom. The average molecular weight is 410 g/mol. The number of anilines is 1. The van der Waals surface area contributed by atoms with Gasteiger partial charge in [0.1, 0.15) is 6.54 Å². The zero-order valence-corrected chi connectivity index (χ0v) is 17.5. The quantitative estimate of drug-likeness (QED) is 0.514. The molecular weight excluding hydrogens is 384 g/mol. The maximum Gasteiger partial charge on any atom is 0.326 e. The summed E-state index contributed by atoms with van der Waals surface area (Å²) in [5.41, 5.74) is 2.30. The SMILES string of the molecule is Cc1cccc(C(=O)NCC(=O)OC(C)C(=O)c2ccc(NC(=O)C(C)C)cc2)c1. The number of Topliss-reactive ketones (excluding diaryl/α,β-unsaturated/α-hetero) is 1. The molecule has 0 fully saturated rings. The zero-order valence-electron chi connectivity index (χ0n) is 17.5. The fraction of sp³-hybridized carbons (Fsp3) is 0.304. The topological polar surface area (TPSA) is 102 Å². The third-order valence-electron chi connectivity index (χ3n) is 4.31. The number of ketones is 1. The molecule has 0 radical (unpaired) electrons. The molecule has 2 amide bonds. The summed E-state index contributed by atoms with van der Waals surface area (Å²) in [4.78, 5) is 48.3. The monoisotopic (exact) mass is 410 g/mol. The third kappa shape index (κ3) is 6.55. The van der Waals surface area contributed by atoms with Crippen LogP contribution in [0.2, 0.25) is 0 Å². The molecule has 0 aliphatic heterocycles. The second-order valence-electron chi connectivity index (χ2n) is 7.27. The lowest BCUT2D eigenvalue weighted by Crippen LogP contribution is -2.34. The van der Waals surface area contributed by atoms with Crippen molar-refractivity contribution in [2.24, 2.45) is 5.92 Å². The highest BCUT2D eigenvalue weighted by atomic mass is 16.5. The van der Waals surface area contributed by atoms with Gasteiger partial charge in [0.15, 0.2) is 6.10 Å². The molecule has 1 unspecified atom stereocenters. The Morgan fingerprint density at radius 2 is 1.60 bits per heavy atom. The molecule has 2 rings (SSSR count). The van der Waals surface area contributed by atoms with Gasteiger partial charge in [0, 0.05) is 22.7 Å². The third-order valence-corrected chi connectivity index (χ3v) is 4.31. The lowest BCUT2D eigenvalue weighted by atomic mass is 10.1. The van der Waals surface area contributed by atoms with E-state index in [1.807, 2.05) is 13.0 Å². The number of rotatable bonds is 8. The number of aryl methyl sites for hydroxylation is 1. The van der Waals surface area contributed by atoms with Gasteiger partial charge in [-0.1, -0.05) is 31.5 Å². The minimum Gasteiger partial charge on any atom is -0.453 e. The van der Waals surface area contributed by atoms with E-state index in [2.05, 4.69) is 10.6 Å². The normalized spacial score (nSPS) is 11.5. The molecule has 0 aromatic heterocycles. The molecule has 7 heteroatoms. The first kappa shape index (κ1) is 22.8. The van der Waals surface area contributed by atoms with E-state index < -0.39 is 18.0 Å². The van der Waals surface area contributed by atoms with E-state index in [1.54, 1.807) is 56.3 Å². The van der Waals surface area contributed by atoms with Crippen molar-refractivity contribution in [3.8, 4) is 0 Å². The lowest BCUT2D eigenvalue weighted by molar-refractivity contribution is -0.145. The van der Waals surface area contributed by atoms with Gasteiger partial charge < -0.3 is 15.4 Å². The number of ether oxygens (including phenoxy) is 1. The van der Waals surface area contributed by atoms with Crippen LogP contribution in [0.5, 0.6) is 0 Å². The number of nitrogens with one attached hydrogen (secondary N) is 2. The predicted molar refractivity (Wildman–Crippen MR) is 113 cm³/mol. The summed E-state index contributed by atoms with van der Waals surface area (Å²) in [5, 5.41) is 5.22. The fourth-order valence-electron chi connectivity index (χ4n) is 2.57. The van der Waals surface area contributed by atoms with Gasteiger partial charge in [-0.15, -0.1) is 0 Å². The highest BCUT2D eigenvalue weighted by Gasteiger charge is 2.20. The molecule has 158 valence electrons. The Kier molecular flexibility index (Phi) is 7.86. The highest BCUT2D eigenvalue weighted by Crippen LogP contribution is 2.13. The molecule has 0 aliphatic carbocycles. The number of hydrogen-bond acceptors (Lipinski definition) is 5. The van der Waals surface area contributed by atoms with Gasteiger partial charge in [0.2, 0.25) is 11.7 Å². The molecule has 7 nitrogen and oxygen atoms in total. The number of carbonyl (C=O) groups is 4. The van der Waals surface area contributed by atoms with E-state index in [0.29, 0.717) is 16.8 Å². The van der Waals surface area contributed by atoms with Gasteiger partial charge in [-0.05, 0) is 50.2 Å². The van der Waals surface area contributed by atoms with Gasteiger partial charge in [0.05, 0.1) is 0 Å². The minimum atomic E-state index is -1.01. The van der Waals surface area contributed by atoms with Gasteiger partial charge in [0.25, 0.3) is 5.91 Å². The molecule has 2 N–H and O–H groups in total. The van der Waals surface area contributed by atoms with Gasteiger partial charge in [-0.2, -0.15) is 0 Å². The molecule has 2 aromatic rings. The van der Waals surface area contributed by atoms with E-state index in [0.717, 1.165) is 5.56 Å². The molecule has 2 aromatic carbocycles. The number of benzene rings is 2. The van der Waals surface area contributed by atoms with E-state index in [-0.39, 0.29) is 24.2 Å². The summed E-state index contributed by atoms with van der Waals surface area (Å²) >= 11 is 0. The van der Waals surface area contributed by atoms with Crippen molar-refractivity contribution in [1.29, 1.82) is 0 Å². The second-order valence-corrected chi connectivity index (χ2v) is 7.27. The first-order valence-corrected chi connectivity index (χ1v) is 9.67. The standard InChI is InChI=1S/C23H26N2O5/c1-14(2)22(28)25-19-10-8-17(9-11-19)21(27)16(4)30-20(26)13-24-23(29)18-7-5-6-15(3)12-18/h5-12,14,16H,13H2,1-4H3,(H,24,29)(H,25,28). The van der Waals surface area contributed by atoms with Crippen molar-refractivity contribution in [3.05, 3.63) is 65.2 Å². The summed E-state index contributed by atoms with van der Waals surface area (Å²) in [6.07, 6.45) is -1.01. The number of hydrogen-bond donors (Lipinski definition) is 2.